The first-order chi connectivity index (χ1) is 9.36. The fourth-order valence-electron chi connectivity index (χ4n) is 1.69. The Kier molecular flexibility index (Phi) is 4.81. The monoisotopic (exact) mass is 266 g/mol. The molecule has 0 bridgehead atoms. The van der Waals surface area contributed by atoms with E-state index in [1.807, 2.05) is 12.1 Å². The molecule has 0 aliphatic heterocycles. The molecule has 0 aliphatic carbocycles. The van der Waals surface area contributed by atoms with E-state index in [0.717, 1.165) is 15.8 Å². The lowest BCUT2D eigenvalue weighted by molar-refractivity contribution is 0.290. The molecule has 1 nitrogen and oxygen atoms in total. The molecule has 2 rings (SSSR count). The highest BCUT2D eigenvalue weighted by Crippen LogP contribution is 2.30. The van der Waals surface area contributed by atoms with Crippen molar-refractivity contribution < 1.29 is 5.11 Å². The van der Waals surface area contributed by atoms with Gasteiger partial charge in [0, 0.05) is 23.1 Å². The van der Waals surface area contributed by atoms with Crippen LogP contribution in [0.15, 0.2) is 36.9 Å². The van der Waals surface area contributed by atoms with Crippen LogP contribution < -0.4 is 0 Å². The van der Waals surface area contributed by atoms with Gasteiger partial charge in [-0.25, -0.2) is 0 Å². The third-order valence-corrected chi connectivity index (χ3v) is 3.64. The molecule has 2 heteroatoms. The number of benzene rings is 1. The van der Waals surface area contributed by atoms with E-state index in [1.165, 1.54) is 4.70 Å². The minimum Gasteiger partial charge on any atom is -0.396 e. The quantitative estimate of drug-likeness (QED) is 0.651. The van der Waals surface area contributed by atoms with Crippen LogP contribution in [0.1, 0.15) is 23.3 Å². The zero-order valence-corrected chi connectivity index (χ0v) is 11.4. The fourth-order valence-corrected chi connectivity index (χ4v) is 2.72. The van der Waals surface area contributed by atoms with E-state index in [1.54, 1.807) is 17.4 Å². The summed E-state index contributed by atoms with van der Waals surface area (Å²) < 4.78 is 1.20. The maximum Gasteiger partial charge on any atom is 0.0937 e. The van der Waals surface area contributed by atoms with Gasteiger partial charge in [-0.2, -0.15) is 0 Å². The Labute approximate surface area is 117 Å². The van der Waals surface area contributed by atoms with Crippen LogP contribution in [-0.4, -0.2) is 11.7 Å². The van der Waals surface area contributed by atoms with Crippen LogP contribution in [0.5, 0.6) is 0 Å². The summed E-state index contributed by atoms with van der Waals surface area (Å²) >= 11 is 1.66. The molecule has 0 unspecified atom stereocenters. The van der Waals surface area contributed by atoms with E-state index in [2.05, 4.69) is 42.4 Å². The van der Waals surface area contributed by atoms with Crippen LogP contribution in [0, 0.1) is 23.7 Å². The summed E-state index contributed by atoms with van der Waals surface area (Å²) in [5.74, 6) is 12.3. The van der Waals surface area contributed by atoms with Gasteiger partial charge in [0.15, 0.2) is 0 Å². The Hall–Kier alpha value is -2.00. The minimum absolute atomic E-state index is 0.185. The summed E-state index contributed by atoms with van der Waals surface area (Å²) in [6.45, 7) is 3.81. The standard InChI is InChI=1S/C17H14OS/c1-2-3-9-14-15-10-6-7-12-17(15)19-16(14)11-5-4-8-13-18/h2,6-7,10,12,18H,1,4,8,13H2. The van der Waals surface area contributed by atoms with Crippen molar-refractivity contribution in [1.29, 1.82) is 0 Å². The molecule has 0 saturated carbocycles. The number of aliphatic hydroxyl groups is 1. The Morgan fingerprint density at radius 3 is 2.89 bits per heavy atom. The predicted molar refractivity (Wildman–Crippen MR) is 82.1 cm³/mol. The normalized spacial score (nSPS) is 9.32. The summed E-state index contributed by atoms with van der Waals surface area (Å²) in [6.07, 6.45) is 3.01. The summed E-state index contributed by atoms with van der Waals surface area (Å²) in [4.78, 5) is 0.994. The third kappa shape index (κ3) is 3.26. The first kappa shape index (κ1) is 13.4. The lowest BCUT2D eigenvalue weighted by Gasteiger charge is -1.89. The van der Waals surface area contributed by atoms with Gasteiger partial charge in [-0.1, -0.05) is 48.5 Å². The average Bonchev–Trinajstić information content (AvgIpc) is 2.79. The second-order valence-corrected chi connectivity index (χ2v) is 4.96. The van der Waals surface area contributed by atoms with Gasteiger partial charge in [0.25, 0.3) is 0 Å². The van der Waals surface area contributed by atoms with Gasteiger partial charge in [-0.15, -0.1) is 11.3 Å². The number of fused-ring (bicyclic) bond motifs is 1. The predicted octanol–water partition coefficient (Wildman–Crippen LogP) is 3.56. The van der Waals surface area contributed by atoms with Crippen molar-refractivity contribution in [2.75, 3.05) is 6.61 Å². The number of hydrogen-bond acceptors (Lipinski definition) is 2. The van der Waals surface area contributed by atoms with Crippen LogP contribution in [-0.2, 0) is 0 Å². The van der Waals surface area contributed by atoms with Crippen molar-refractivity contribution in [3.8, 4) is 23.7 Å². The SMILES string of the molecule is C=CC#Cc1c(C#CCCCO)sc2ccccc12. The molecule has 19 heavy (non-hydrogen) atoms. The Morgan fingerprint density at radius 1 is 1.26 bits per heavy atom. The van der Waals surface area contributed by atoms with E-state index in [0.29, 0.717) is 12.8 Å². The van der Waals surface area contributed by atoms with Crippen LogP contribution in [0.2, 0.25) is 0 Å². The summed E-state index contributed by atoms with van der Waals surface area (Å²) in [6, 6.07) is 8.18. The molecule has 0 radical (unpaired) electrons. The Morgan fingerprint density at radius 2 is 2.11 bits per heavy atom. The number of rotatable bonds is 2. The van der Waals surface area contributed by atoms with Gasteiger partial charge >= 0.3 is 0 Å². The number of aliphatic hydroxyl groups excluding tert-OH is 1. The van der Waals surface area contributed by atoms with Crippen molar-refractivity contribution in [2.24, 2.45) is 0 Å². The van der Waals surface area contributed by atoms with Crippen molar-refractivity contribution in [1.82, 2.24) is 0 Å². The Bertz CT molecular complexity index is 701. The topological polar surface area (TPSA) is 20.2 Å². The van der Waals surface area contributed by atoms with Gasteiger partial charge in [-0.3, -0.25) is 0 Å². The second kappa shape index (κ2) is 6.81. The summed E-state index contributed by atoms with van der Waals surface area (Å²) in [5, 5.41) is 9.90. The van der Waals surface area contributed by atoms with Gasteiger partial charge in [0.2, 0.25) is 0 Å². The molecule has 94 valence electrons. The Balaban J connectivity index is 2.45. The fraction of sp³-hybridized carbons (Fsp3) is 0.176. The van der Waals surface area contributed by atoms with Crippen LogP contribution in [0.25, 0.3) is 10.1 Å². The molecule has 0 atom stereocenters. The molecule has 1 aromatic carbocycles. The van der Waals surface area contributed by atoms with Crippen LogP contribution in [0.4, 0.5) is 0 Å². The highest BCUT2D eigenvalue weighted by molar-refractivity contribution is 7.19. The lowest BCUT2D eigenvalue weighted by Crippen LogP contribution is -1.79. The lowest BCUT2D eigenvalue weighted by atomic mass is 10.1. The van der Waals surface area contributed by atoms with Crippen LogP contribution >= 0.6 is 11.3 Å². The first-order valence-corrected chi connectivity index (χ1v) is 6.92. The van der Waals surface area contributed by atoms with E-state index < -0.39 is 0 Å². The van der Waals surface area contributed by atoms with Gasteiger partial charge in [0.05, 0.1) is 10.4 Å². The zero-order chi connectivity index (χ0) is 13.5. The van der Waals surface area contributed by atoms with E-state index in [-0.39, 0.29) is 6.61 Å². The summed E-state index contributed by atoms with van der Waals surface area (Å²) in [7, 11) is 0. The third-order valence-electron chi connectivity index (χ3n) is 2.56. The molecule has 2 aromatic rings. The van der Waals surface area contributed by atoms with E-state index in [4.69, 9.17) is 5.11 Å². The first-order valence-electron chi connectivity index (χ1n) is 6.10. The molecule has 0 amide bonds. The molecule has 0 aliphatic rings. The molecule has 0 fully saturated rings. The molecule has 1 N–H and O–H groups in total. The molecule has 1 heterocycles. The molecule has 1 aromatic heterocycles. The maximum atomic E-state index is 8.75. The number of thiophene rings is 1. The maximum absolute atomic E-state index is 8.75. The zero-order valence-electron chi connectivity index (χ0n) is 10.6. The smallest absolute Gasteiger partial charge is 0.0937 e. The summed E-state index contributed by atoms with van der Waals surface area (Å²) in [5.41, 5.74) is 0.983. The van der Waals surface area contributed by atoms with Crippen LogP contribution in [0.3, 0.4) is 0 Å². The second-order valence-electron chi connectivity index (χ2n) is 3.90. The van der Waals surface area contributed by atoms with Crippen molar-refractivity contribution in [2.45, 2.75) is 12.8 Å². The van der Waals surface area contributed by atoms with Crippen molar-refractivity contribution in [3.05, 3.63) is 47.4 Å². The molecule has 0 saturated heterocycles. The van der Waals surface area contributed by atoms with Gasteiger partial charge in [0.1, 0.15) is 0 Å². The van der Waals surface area contributed by atoms with Crippen molar-refractivity contribution in [3.63, 3.8) is 0 Å². The molecule has 0 spiro atoms. The molecular formula is C17H14OS. The minimum atomic E-state index is 0.185. The van der Waals surface area contributed by atoms with E-state index >= 15 is 0 Å². The van der Waals surface area contributed by atoms with Crippen molar-refractivity contribution >= 4 is 21.4 Å². The number of unbranched alkanes of at least 4 members (excludes halogenated alkanes) is 1. The van der Waals surface area contributed by atoms with Gasteiger partial charge in [-0.05, 0) is 18.6 Å². The highest BCUT2D eigenvalue weighted by Gasteiger charge is 2.07. The molecular weight excluding hydrogens is 252 g/mol. The van der Waals surface area contributed by atoms with Gasteiger partial charge < -0.3 is 5.11 Å². The average molecular weight is 266 g/mol. The largest absolute Gasteiger partial charge is 0.396 e. The number of allylic oxidation sites excluding steroid dienone is 1. The number of hydrogen-bond donors (Lipinski definition) is 1. The van der Waals surface area contributed by atoms with E-state index in [9.17, 15) is 0 Å². The highest BCUT2D eigenvalue weighted by atomic mass is 32.1.